The number of halogens is 1. The number of nitrogens with zero attached hydrogens (tertiary/aromatic N) is 2. The quantitative estimate of drug-likeness (QED) is 0.230. The van der Waals surface area contributed by atoms with E-state index in [0.29, 0.717) is 12.5 Å². The summed E-state index contributed by atoms with van der Waals surface area (Å²) in [4.78, 5) is 12.3. The molecule has 0 saturated heterocycles. The average Bonchev–Trinajstić information content (AvgIpc) is 3.01. The Hall–Kier alpha value is -2.09. The molecule has 0 fully saturated rings. The monoisotopic (exact) mass is 449 g/mol. The van der Waals surface area contributed by atoms with E-state index in [0.717, 1.165) is 41.8 Å². The van der Waals surface area contributed by atoms with Crippen molar-refractivity contribution in [2.24, 2.45) is 10.7 Å². The van der Waals surface area contributed by atoms with Crippen molar-refractivity contribution in [2.45, 2.75) is 26.2 Å². The Morgan fingerprint density at radius 3 is 2.84 bits per heavy atom. The van der Waals surface area contributed by atoms with E-state index < -0.39 is 0 Å². The number of aromatic amines is 1. The SMILES string of the molecule is CCc1cccc(NC(N)=NCCCc2nc3ccccc3[nH]2)c1.I. The number of guanidine groups is 1. The number of rotatable bonds is 6. The molecule has 0 aliphatic heterocycles. The van der Waals surface area contributed by atoms with E-state index in [2.05, 4.69) is 39.3 Å². The van der Waals surface area contributed by atoms with Gasteiger partial charge in [0.2, 0.25) is 0 Å². The van der Waals surface area contributed by atoms with Crippen molar-refractivity contribution in [3.63, 3.8) is 0 Å². The number of anilines is 1. The molecule has 1 heterocycles. The van der Waals surface area contributed by atoms with Crippen LogP contribution < -0.4 is 11.1 Å². The average molecular weight is 449 g/mol. The summed E-state index contributed by atoms with van der Waals surface area (Å²) in [5.41, 5.74) is 10.3. The van der Waals surface area contributed by atoms with E-state index >= 15 is 0 Å². The van der Waals surface area contributed by atoms with Gasteiger partial charge in [-0.25, -0.2) is 4.98 Å². The number of imidazole rings is 1. The zero-order chi connectivity index (χ0) is 16.8. The molecule has 0 atom stereocenters. The van der Waals surface area contributed by atoms with Gasteiger partial charge in [-0.1, -0.05) is 31.2 Å². The number of aliphatic imine (C=N–C) groups is 1. The van der Waals surface area contributed by atoms with E-state index in [9.17, 15) is 0 Å². The third kappa shape index (κ3) is 5.45. The van der Waals surface area contributed by atoms with Crippen molar-refractivity contribution >= 4 is 46.7 Å². The van der Waals surface area contributed by atoms with E-state index in [1.54, 1.807) is 0 Å². The molecule has 0 aliphatic rings. The fraction of sp³-hybridized carbons (Fsp3) is 0.263. The van der Waals surface area contributed by atoms with E-state index in [-0.39, 0.29) is 24.0 Å². The summed E-state index contributed by atoms with van der Waals surface area (Å²) >= 11 is 0. The Bertz CT molecular complexity index is 807. The van der Waals surface area contributed by atoms with Gasteiger partial charge in [0, 0.05) is 18.7 Å². The standard InChI is InChI=1S/C19H23N5.HI/c1-2-14-7-5-8-15(13-14)22-19(20)21-12-6-11-18-23-16-9-3-4-10-17(16)24-18;/h3-5,7-10,13H,2,6,11-12H2,1H3,(H,23,24)(H3,20,21,22);1H. The van der Waals surface area contributed by atoms with Crippen molar-refractivity contribution in [1.82, 2.24) is 9.97 Å². The molecule has 0 saturated carbocycles. The number of H-pyrrole nitrogens is 1. The van der Waals surface area contributed by atoms with Gasteiger partial charge in [0.05, 0.1) is 11.0 Å². The van der Waals surface area contributed by atoms with Crippen LogP contribution in [0.4, 0.5) is 5.69 Å². The highest BCUT2D eigenvalue weighted by atomic mass is 127. The van der Waals surface area contributed by atoms with Crippen LogP contribution in [0.2, 0.25) is 0 Å². The summed E-state index contributed by atoms with van der Waals surface area (Å²) in [6.45, 7) is 2.80. The predicted molar refractivity (Wildman–Crippen MR) is 116 cm³/mol. The Morgan fingerprint density at radius 2 is 2.04 bits per heavy atom. The molecular weight excluding hydrogens is 425 g/mol. The first-order valence-corrected chi connectivity index (χ1v) is 8.34. The second kappa shape index (κ2) is 9.41. The first-order valence-electron chi connectivity index (χ1n) is 8.34. The lowest BCUT2D eigenvalue weighted by molar-refractivity contribution is 0.796. The molecule has 3 rings (SSSR count). The fourth-order valence-corrected chi connectivity index (χ4v) is 2.63. The van der Waals surface area contributed by atoms with E-state index in [4.69, 9.17) is 5.73 Å². The summed E-state index contributed by atoms with van der Waals surface area (Å²) in [6, 6.07) is 16.3. The molecule has 132 valence electrons. The molecule has 25 heavy (non-hydrogen) atoms. The van der Waals surface area contributed by atoms with Crippen LogP contribution in [0.15, 0.2) is 53.5 Å². The Kier molecular flexibility index (Phi) is 7.24. The molecule has 0 radical (unpaired) electrons. The van der Waals surface area contributed by atoms with Crippen molar-refractivity contribution in [1.29, 1.82) is 0 Å². The number of para-hydroxylation sites is 2. The fourth-order valence-electron chi connectivity index (χ4n) is 2.63. The summed E-state index contributed by atoms with van der Waals surface area (Å²) in [6.07, 6.45) is 2.76. The lowest BCUT2D eigenvalue weighted by Crippen LogP contribution is -2.23. The number of hydrogen-bond acceptors (Lipinski definition) is 2. The van der Waals surface area contributed by atoms with Gasteiger partial charge in [0.1, 0.15) is 5.82 Å². The molecule has 0 bridgehead atoms. The molecule has 0 amide bonds. The molecule has 5 nitrogen and oxygen atoms in total. The van der Waals surface area contributed by atoms with Gasteiger partial charge < -0.3 is 16.0 Å². The largest absolute Gasteiger partial charge is 0.370 e. The number of hydrogen-bond donors (Lipinski definition) is 3. The van der Waals surface area contributed by atoms with Crippen molar-refractivity contribution in [3.05, 3.63) is 59.9 Å². The van der Waals surface area contributed by atoms with Gasteiger partial charge in [0.25, 0.3) is 0 Å². The summed E-state index contributed by atoms with van der Waals surface area (Å²) in [5, 5.41) is 3.14. The Labute approximate surface area is 165 Å². The number of nitrogens with two attached hydrogens (primary N) is 1. The Morgan fingerprint density at radius 1 is 1.20 bits per heavy atom. The van der Waals surface area contributed by atoms with Crippen molar-refractivity contribution < 1.29 is 0 Å². The van der Waals surface area contributed by atoms with Crippen LogP contribution in [0.3, 0.4) is 0 Å². The molecule has 3 aromatic rings. The van der Waals surface area contributed by atoms with E-state index in [1.807, 2.05) is 36.4 Å². The molecule has 0 aliphatic carbocycles. The van der Waals surface area contributed by atoms with Crippen molar-refractivity contribution in [3.8, 4) is 0 Å². The zero-order valence-electron chi connectivity index (χ0n) is 14.3. The molecule has 1 aromatic heterocycles. The highest BCUT2D eigenvalue weighted by Crippen LogP contribution is 2.12. The maximum Gasteiger partial charge on any atom is 0.193 e. The van der Waals surface area contributed by atoms with Gasteiger partial charge >= 0.3 is 0 Å². The zero-order valence-corrected chi connectivity index (χ0v) is 16.7. The Balaban J connectivity index is 0.00000225. The van der Waals surface area contributed by atoms with Crippen LogP contribution in [0.25, 0.3) is 11.0 Å². The maximum absolute atomic E-state index is 5.95. The molecule has 0 unspecified atom stereocenters. The first kappa shape index (κ1) is 19.2. The number of fused-ring (bicyclic) bond motifs is 1. The smallest absolute Gasteiger partial charge is 0.193 e. The maximum atomic E-state index is 5.95. The predicted octanol–water partition coefficient (Wildman–Crippen LogP) is 4.10. The minimum atomic E-state index is 0. The third-order valence-corrected chi connectivity index (χ3v) is 3.90. The lowest BCUT2D eigenvalue weighted by atomic mass is 10.1. The minimum absolute atomic E-state index is 0. The second-order valence-corrected chi connectivity index (χ2v) is 5.75. The number of aromatic nitrogens is 2. The molecular formula is C19H24IN5. The van der Waals surface area contributed by atoms with Crippen LogP contribution >= 0.6 is 24.0 Å². The summed E-state index contributed by atoms with van der Waals surface area (Å²) in [7, 11) is 0. The third-order valence-electron chi connectivity index (χ3n) is 3.90. The summed E-state index contributed by atoms with van der Waals surface area (Å²) in [5.74, 6) is 1.45. The van der Waals surface area contributed by atoms with Gasteiger partial charge in [-0.15, -0.1) is 24.0 Å². The molecule has 6 heteroatoms. The second-order valence-electron chi connectivity index (χ2n) is 5.75. The highest BCUT2D eigenvalue weighted by molar-refractivity contribution is 14.0. The van der Waals surface area contributed by atoms with Gasteiger partial charge in [0.15, 0.2) is 5.96 Å². The normalized spacial score (nSPS) is 11.3. The van der Waals surface area contributed by atoms with Gasteiger partial charge in [-0.3, -0.25) is 4.99 Å². The molecule has 2 aromatic carbocycles. The van der Waals surface area contributed by atoms with Crippen LogP contribution in [0.5, 0.6) is 0 Å². The van der Waals surface area contributed by atoms with Crippen LogP contribution in [0, 0.1) is 0 Å². The number of benzene rings is 2. The summed E-state index contributed by atoms with van der Waals surface area (Å²) < 4.78 is 0. The van der Waals surface area contributed by atoms with Crippen molar-refractivity contribution in [2.75, 3.05) is 11.9 Å². The lowest BCUT2D eigenvalue weighted by Gasteiger charge is -2.07. The minimum Gasteiger partial charge on any atom is -0.370 e. The van der Waals surface area contributed by atoms with Crippen LogP contribution in [-0.4, -0.2) is 22.5 Å². The molecule has 4 N–H and O–H groups in total. The number of aryl methyl sites for hydroxylation is 2. The first-order chi connectivity index (χ1) is 11.7. The van der Waals surface area contributed by atoms with Gasteiger partial charge in [-0.2, -0.15) is 0 Å². The topological polar surface area (TPSA) is 79.1 Å². The van der Waals surface area contributed by atoms with E-state index in [1.165, 1.54) is 5.56 Å². The van der Waals surface area contributed by atoms with Gasteiger partial charge in [-0.05, 0) is 42.7 Å². The molecule has 0 spiro atoms. The van der Waals surface area contributed by atoms with Crippen LogP contribution in [-0.2, 0) is 12.8 Å². The highest BCUT2D eigenvalue weighted by Gasteiger charge is 2.01. The number of nitrogens with one attached hydrogen (secondary N) is 2. The van der Waals surface area contributed by atoms with Crippen LogP contribution in [0.1, 0.15) is 24.7 Å².